The van der Waals surface area contributed by atoms with E-state index in [1.165, 1.54) is 6.42 Å². The van der Waals surface area contributed by atoms with E-state index in [2.05, 4.69) is 26.0 Å². The van der Waals surface area contributed by atoms with Gasteiger partial charge in [-0.15, -0.1) is 0 Å². The highest BCUT2D eigenvalue weighted by atomic mass is 16.5. The van der Waals surface area contributed by atoms with E-state index >= 15 is 0 Å². The van der Waals surface area contributed by atoms with Crippen LogP contribution in [0.2, 0.25) is 0 Å². The molecule has 0 N–H and O–H groups in total. The summed E-state index contributed by atoms with van der Waals surface area (Å²) in [5.74, 6) is 1.13. The van der Waals surface area contributed by atoms with Gasteiger partial charge in [-0.3, -0.25) is 4.79 Å². The van der Waals surface area contributed by atoms with Crippen LogP contribution in [0.5, 0.6) is 0 Å². The van der Waals surface area contributed by atoms with Crippen molar-refractivity contribution in [1.29, 1.82) is 0 Å². The summed E-state index contributed by atoms with van der Waals surface area (Å²) in [5.41, 5.74) is 0. The molecule has 0 spiro atoms. The van der Waals surface area contributed by atoms with Crippen LogP contribution in [0.4, 0.5) is 0 Å². The first-order chi connectivity index (χ1) is 6.68. The van der Waals surface area contributed by atoms with Crippen molar-refractivity contribution < 1.29 is 9.53 Å². The third-order valence-corrected chi connectivity index (χ3v) is 2.50. The molecule has 0 aromatic carbocycles. The summed E-state index contributed by atoms with van der Waals surface area (Å²) in [5, 5.41) is 0. The Balaban J connectivity index is 2.18. The lowest BCUT2D eigenvalue weighted by atomic mass is 9.98. The lowest BCUT2D eigenvalue weighted by Crippen LogP contribution is -2.19. The highest BCUT2D eigenvalue weighted by Crippen LogP contribution is 2.17. The van der Waals surface area contributed by atoms with E-state index in [0.29, 0.717) is 18.9 Å². The van der Waals surface area contributed by atoms with Crippen molar-refractivity contribution in [2.45, 2.75) is 39.5 Å². The minimum atomic E-state index is -0.0465. The summed E-state index contributed by atoms with van der Waals surface area (Å²) in [6.45, 7) is 5.05. The predicted molar refractivity (Wildman–Crippen MR) is 56.9 cm³/mol. The first-order valence-corrected chi connectivity index (χ1v) is 5.50. The molecule has 2 nitrogen and oxygen atoms in total. The molecule has 1 atom stereocenters. The van der Waals surface area contributed by atoms with Crippen molar-refractivity contribution in [3.05, 3.63) is 12.2 Å². The number of carbonyl (C=O) groups excluding carboxylic acids is 1. The topological polar surface area (TPSA) is 26.3 Å². The highest BCUT2D eigenvalue weighted by Gasteiger charge is 2.17. The minimum Gasteiger partial charge on any atom is -0.466 e. The minimum absolute atomic E-state index is 0.0465. The number of esters is 1. The molecule has 0 saturated carbocycles. The van der Waals surface area contributed by atoms with Gasteiger partial charge in [0.25, 0.3) is 0 Å². The smallest absolute Gasteiger partial charge is 0.306 e. The summed E-state index contributed by atoms with van der Waals surface area (Å²) in [6, 6.07) is 0. The molecule has 80 valence electrons. The van der Waals surface area contributed by atoms with Crippen molar-refractivity contribution in [2.24, 2.45) is 11.8 Å². The van der Waals surface area contributed by atoms with Gasteiger partial charge in [0.1, 0.15) is 0 Å². The Hall–Kier alpha value is -0.790. The Morgan fingerprint density at radius 2 is 2.36 bits per heavy atom. The molecule has 0 unspecified atom stereocenters. The first-order valence-electron chi connectivity index (χ1n) is 5.50. The Labute approximate surface area is 86.3 Å². The number of hydrogen-bond donors (Lipinski definition) is 0. The SMILES string of the molecule is CC(C)CC/C=C/[C@H]1CCOC(=O)C1. The molecule has 0 bridgehead atoms. The molecular weight excluding hydrogens is 176 g/mol. The molecule has 2 heteroatoms. The van der Waals surface area contributed by atoms with Gasteiger partial charge in [0.05, 0.1) is 13.0 Å². The molecule has 0 aromatic rings. The maximum atomic E-state index is 11.0. The normalized spacial score (nSPS) is 23.1. The zero-order valence-corrected chi connectivity index (χ0v) is 9.16. The van der Waals surface area contributed by atoms with Crippen molar-refractivity contribution in [2.75, 3.05) is 6.61 Å². The van der Waals surface area contributed by atoms with Gasteiger partial charge in [0, 0.05) is 0 Å². The van der Waals surface area contributed by atoms with Gasteiger partial charge in [-0.2, -0.15) is 0 Å². The maximum absolute atomic E-state index is 11.0. The number of rotatable bonds is 4. The van der Waals surface area contributed by atoms with Gasteiger partial charge in [-0.25, -0.2) is 0 Å². The fourth-order valence-corrected chi connectivity index (χ4v) is 1.58. The predicted octanol–water partition coefficient (Wildman–Crippen LogP) is 2.93. The first kappa shape index (κ1) is 11.3. The fourth-order valence-electron chi connectivity index (χ4n) is 1.58. The van der Waals surface area contributed by atoms with Crippen LogP contribution in [-0.2, 0) is 9.53 Å². The van der Waals surface area contributed by atoms with Gasteiger partial charge in [0.15, 0.2) is 0 Å². The molecule has 1 saturated heterocycles. The molecule has 1 aliphatic heterocycles. The van der Waals surface area contributed by atoms with Crippen molar-refractivity contribution in [1.82, 2.24) is 0 Å². The third-order valence-electron chi connectivity index (χ3n) is 2.50. The van der Waals surface area contributed by atoms with E-state index in [4.69, 9.17) is 4.74 Å². The summed E-state index contributed by atoms with van der Waals surface area (Å²) in [7, 11) is 0. The van der Waals surface area contributed by atoms with Gasteiger partial charge in [0.2, 0.25) is 0 Å². The number of allylic oxidation sites excluding steroid dienone is 2. The number of hydrogen-bond acceptors (Lipinski definition) is 2. The van der Waals surface area contributed by atoms with Crippen molar-refractivity contribution in [3.63, 3.8) is 0 Å². The average molecular weight is 196 g/mol. The van der Waals surface area contributed by atoms with E-state index in [0.717, 1.165) is 18.8 Å². The lowest BCUT2D eigenvalue weighted by Gasteiger charge is -2.17. The fraction of sp³-hybridized carbons (Fsp3) is 0.750. The van der Waals surface area contributed by atoms with Crippen LogP contribution in [0.25, 0.3) is 0 Å². The van der Waals surface area contributed by atoms with Crippen LogP contribution in [-0.4, -0.2) is 12.6 Å². The van der Waals surface area contributed by atoms with E-state index in [1.807, 2.05) is 0 Å². The molecule has 1 heterocycles. The van der Waals surface area contributed by atoms with Gasteiger partial charge < -0.3 is 4.74 Å². The Morgan fingerprint density at radius 3 is 3.00 bits per heavy atom. The number of carbonyl (C=O) groups is 1. The van der Waals surface area contributed by atoms with E-state index in [1.54, 1.807) is 0 Å². The lowest BCUT2D eigenvalue weighted by molar-refractivity contribution is -0.148. The zero-order chi connectivity index (χ0) is 10.4. The quantitative estimate of drug-likeness (QED) is 0.510. The molecule has 1 aliphatic rings. The second-order valence-corrected chi connectivity index (χ2v) is 4.37. The van der Waals surface area contributed by atoms with E-state index < -0.39 is 0 Å². The maximum Gasteiger partial charge on any atom is 0.306 e. The van der Waals surface area contributed by atoms with Gasteiger partial charge >= 0.3 is 5.97 Å². The second-order valence-electron chi connectivity index (χ2n) is 4.37. The summed E-state index contributed by atoms with van der Waals surface area (Å²) in [4.78, 5) is 11.0. The monoisotopic (exact) mass is 196 g/mol. The van der Waals surface area contributed by atoms with Crippen LogP contribution in [0.1, 0.15) is 39.5 Å². The Bertz CT molecular complexity index is 206. The molecule has 1 fully saturated rings. The second kappa shape index (κ2) is 5.84. The Morgan fingerprint density at radius 1 is 1.57 bits per heavy atom. The summed E-state index contributed by atoms with van der Waals surface area (Å²) < 4.78 is 4.88. The number of ether oxygens (including phenoxy) is 1. The van der Waals surface area contributed by atoms with Crippen LogP contribution in [0, 0.1) is 11.8 Å². The van der Waals surface area contributed by atoms with E-state index in [9.17, 15) is 4.79 Å². The van der Waals surface area contributed by atoms with Crippen molar-refractivity contribution >= 4 is 5.97 Å². The average Bonchev–Trinajstić information content (AvgIpc) is 2.12. The van der Waals surface area contributed by atoms with Crippen molar-refractivity contribution in [3.8, 4) is 0 Å². The van der Waals surface area contributed by atoms with Gasteiger partial charge in [-0.1, -0.05) is 26.0 Å². The molecule has 0 amide bonds. The zero-order valence-electron chi connectivity index (χ0n) is 9.16. The van der Waals surface area contributed by atoms with Crippen LogP contribution >= 0.6 is 0 Å². The number of cyclic esters (lactones) is 1. The third kappa shape index (κ3) is 4.45. The standard InChI is InChI=1S/C12H20O2/c1-10(2)5-3-4-6-11-7-8-14-12(13)9-11/h4,6,10-11H,3,5,7-9H2,1-2H3/b6-4+/t11-/m0/s1. The van der Waals surface area contributed by atoms with Crippen LogP contribution in [0.3, 0.4) is 0 Å². The largest absolute Gasteiger partial charge is 0.466 e. The van der Waals surface area contributed by atoms with Crippen LogP contribution in [0.15, 0.2) is 12.2 Å². The Kier molecular flexibility index (Phi) is 4.71. The summed E-state index contributed by atoms with van der Waals surface area (Å²) in [6.07, 6.45) is 8.31. The molecule has 1 rings (SSSR count). The highest BCUT2D eigenvalue weighted by molar-refractivity contribution is 5.70. The van der Waals surface area contributed by atoms with Crippen LogP contribution < -0.4 is 0 Å². The summed E-state index contributed by atoms with van der Waals surface area (Å²) >= 11 is 0. The molecule has 14 heavy (non-hydrogen) atoms. The van der Waals surface area contributed by atoms with Gasteiger partial charge in [-0.05, 0) is 31.1 Å². The molecule has 0 aliphatic carbocycles. The molecule has 0 aromatic heterocycles. The molecule has 0 radical (unpaired) electrons. The van der Waals surface area contributed by atoms with E-state index in [-0.39, 0.29) is 5.97 Å². The molecular formula is C12H20O2.